The van der Waals surface area contributed by atoms with Crippen LogP contribution in [0.5, 0.6) is 0 Å². The van der Waals surface area contributed by atoms with Crippen molar-refractivity contribution in [1.29, 1.82) is 0 Å². The molecule has 1 radical (unpaired) electrons. The Morgan fingerprint density at radius 3 is 1.19 bits per heavy atom. The van der Waals surface area contributed by atoms with E-state index in [1.54, 1.807) is 20.8 Å². The molecule has 0 atom stereocenters. The zero-order chi connectivity index (χ0) is 21.1. The first-order valence-corrected chi connectivity index (χ1v) is 13.3. The monoisotopic (exact) mass is 435 g/mol. The fraction of sp³-hybridized carbons (Fsp3) is 0.571. The van der Waals surface area contributed by atoms with E-state index in [0.717, 1.165) is 0 Å². The van der Waals surface area contributed by atoms with Crippen LogP contribution in [-0.4, -0.2) is 44.0 Å². The second kappa shape index (κ2) is 6.89. The van der Waals surface area contributed by atoms with Gasteiger partial charge in [0.25, 0.3) is 0 Å². The van der Waals surface area contributed by atoms with Crippen LogP contribution in [0.3, 0.4) is 0 Å². The molecular weight excluding hydrogens is 405 g/mol. The molecule has 0 unspecified atom stereocenters. The third-order valence-electron chi connectivity index (χ3n) is 3.76. The van der Waals surface area contributed by atoms with Gasteiger partial charge in [-0.25, -0.2) is 0 Å². The third kappa shape index (κ3) is 5.15. The van der Waals surface area contributed by atoms with Crippen molar-refractivity contribution in [1.82, 2.24) is 0 Å². The van der Waals surface area contributed by atoms with Gasteiger partial charge in [0.1, 0.15) is 0 Å². The van der Waals surface area contributed by atoms with Crippen LogP contribution in [0.15, 0.2) is 0 Å². The minimum absolute atomic E-state index is 0.0485. The Morgan fingerprint density at radius 2 is 0.962 bits per heavy atom. The van der Waals surface area contributed by atoms with Crippen LogP contribution >= 0.6 is 23.8 Å². The fourth-order valence-electron chi connectivity index (χ4n) is 2.86. The van der Waals surface area contributed by atoms with Gasteiger partial charge in [0.2, 0.25) is 0 Å². The molecule has 9 N–H and O–H groups in total. The molecule has 0 fully saturated rings. The molecule has 1 aromatic carbocycles. The Kier molecular flexibility index (Phi) is 6.41. The first-order valence-electron chi connectivity index (χ1n) is 7.76. The van der Waals surface area contributed by atoms with E-state index in [2.05, 4.69) is 6.07 Å². The normalized spacial score (nSPS) is 16.6. The van der Waals surface area contributed by atoms with Crippen LogP contribution in [0, 0.1) is 6.07 Å². The number of hydrogen-bond donors (Lipinski definition) is 9. The maximum atomic E-state index is 10.1. The molecular formula is C14H30O9P3. The predicted octanol–water partition coefficient (Wildman–Crippen LogP) is -1.63. The van der Waals surface area contributed by atoms with Gasteiger partial charge in [0.15, 0.2) is 0 Å². The molecule has 1 rings (SSSR count). The van der Waals surface area contributed by atoms with Crippen LogP contribution in [0.2, 0.25) is 0 Å². The van der Waals surface area contributed by atoms with E-state index in [0.29, 0.717) is 0 Å². The van der Waals surface area contributed by atoms with Gasteiger partial charge in [-0.3, -0.25) is 0 Å². The van der Waals surface area contributed by atoms with Crippen LogP contribution in [-0.2, 0) is 10.8 Å². The zero-order valence-corrected chi connectivity index (χ0v) is 18.5. The molecule has 0 heterocycles. The van der Waals surface area contributed by atoms with Gasteiger partial charge >= 0.3 is 153 Å². The van der Waals surface area contributed by atoms with E-state index in [4.69, 9.17) is 0 Å². The summed E-state index contributed by atoms with van der Waals surface area (Å²) in [6, 6.07) is 2.41. The molecule has 9 nitrogen and oxygen atoms in total. The molecule has 0 bridgehead atoms. The molecule has 0 aromatic heterocycles. The van der Waals surface area contributed by atoms with E-state index >= 15 is 0 Å². The minimum atomic E-state index is -5.32. The van der Waals surface area contributed by atoms with Crippen molar-refractivity contribution >= 4 is 39.7 Å². The Bertz CT molecular complexity index is 636. The summed E-state index contributed by atoms with van der Waals surface area (Å²) in [7, 11) is -15.6. The van der Waals surface area contributed by atoms with Gasteiger partial charge in [-0.15, -0.1) is 0 Å². The molecule has 0 saturated carbocycles. The molecule has 0 aliphatic heterocycles. The molecule has 26 heavy (non-hydrogen) atoms. The Morgan fingerprint density at radius 1 is 0.577 bits per heavy atom. The summed E-state index contributed by atoms with van der Waals surface area (Å²) in [6.45, 7) is 9.45. The number of rotatable bonds is 3. The van der Waals surface area contributed by atoms with Crippen molar-refractivity contribution in [3.63, 3.8) is 0 Å². The zero-order valence-electron chi connectivity index (χ0n) is 15.5. The van der Waals surface area contributed by atoms with Gasteiger partial charge in [0, 0.05) is 0 Å². The number of benzene rings is 1. The van der Waals surface area contributed by atoms with Crippen molar-refractivity contribution < 1.29 is 44.0 Å². The second-order valence-corrected chi connectivity index (χ2v) is 13.7. The van der Waals surface area contributed by atoms with Gasteiger partial charge in [-0.05, 0) is 0 Å². The summed E-state index contributed by atoms with van der Waals surface area (Å²) in [4.78, 5) is 89.6. The molecule has 0 spiro atoms. The average Bonchev–Trinajstić information content (AvgIpc) is 2.30. The van der Waals surface area contributed by atoms with Gasteiger partial charge in [-0.2, -0.15) is 0 Å². The van der Waals surface area contributed by atoms with Gasteiger partial charge in [0.05, 0.1) is 0 Å². The topological polar surface area (TPSA) is 182 Å². The summed E-state index contributed by atoms with van der Waals surface area (Å²) in [5.74, 6) is 0. The third-order valence-corrected chi connectivity index (χ3v) is 7.39. The van der Waals surface area contributed by atoms with Crippen LogP contribution in [0.25, 0.3) is 0 Å². The summed E-state index contributed by atoms with van der Waals surface area (Å²) in [5.41, 5.74) is -2.36. The van der Waals surface area contributed by atoms with Crippen molar-refractivity contribution in [2.75, 3.05) is 0 Å². The Labute approximate surface area is 154 Å². The average molecular weight is 435 g/mol. The summed E-state index contributed by atoms with van der Waals surface area (Å²) < 4.78 is 0. The quantitative estimate of drug-likeness (QED) is 0.252. The van der Waals surface area contributed by atoms with Gasteiger partial charge in [-0.1, -0.05) is 0 Å². The van der Waals surface area contributed by atoms with E-state index < -0.39 is 50.6 Å². The van der Waals surface area contributed by atoms with Crippen molar-refractivity contribution in [2.45, 2.75) is 52.4 Å². The fourth-order valence-corrected chi connectivity index (χ4v) is 7.59. The molecule has 0 amide bonds. The second-order valence-electron chi connectivity index (χ2n) is 8.41. The number of hydrogen-bond acceptors (Lipinski definition) is 9. The first-order chi connectivity index (χ1) is 11.1. The van der Waals surface area contributed by atoms with E-state index in [1.807, 2.05) is 0 Å². The molecule has 0 aliphatic rings. The first kappa shape index (κ1) is 24.2. The summed E-state index contributed by atoms with van der Waals surface area (Å²) >= 11 is 0. The standard InChI is InChI=1S/C14H30O9P3/c1-13(2,3)8-7-9(24(15,16)17)12(26(21,22)23)10(14(4,5)6)11(8)25(18,19)20/h15-26H,1-6H3. The van der Waals surface area contributed by atoms with Crippen LogP contribution in [0.4, 0.5) is 0 Å². The Balaban J connectivity index is 4.41. The molecule has 155 valence electrons. The van der Waals surface area contributed by atoms with Crippen molar-refractivity contribution in [3.8, 4) is 0 Å². The molecule has 0 aliphatic carbocycles. The van der Waals surface area contributed by atoms with Crippen molar-refractivity contribution in [3.05, 3.63) is 17.2 Å². The summed E-state index contributed by atoms with van der Waals surface area (Å²) in [6.07, 6.45) is 0. The van der Waals surface area contributed by atoms with Crippen molar-refractivity contribution in [2.24, 2.45) is 0 Å². The SMILES string of the molecule is CC(C)(C)c1[c]c([PH](O)(O)O)c([PH](O)(O)O)c(C(C)(C)C)c1[PH](O)(O)O. The predicted molar refractivity (Wildman–Crippen MR) is 106 cm³/mol. The molecule has 12 heteroatoms. The van der Waals surface area contributed by atoms with Gasteiger partial charge < -0.3 is 0 Å². The van der Waals surface area contributed by atoms with E-state index in [-0.39, 0.29) is 11.1 Å². The summed E-state index contributed by atoms with van der Waals surface area (Å²) in [5, 5.41) is -2.06. The van der Waals surface area contributed by atoms with Crippen LogP contribution in [0.1, 0.15) is 52.7 Å². The van der Waals surface area contributed by atoms with E-state index in [9.17, 15) is 44.0 Å². The molecule has 1 aromatic rings. The van der Waals surface area contributed by atoms with E-state index in [1.165, 1.54) is 20.8 Å². The Hall–Kier alpha value is 0.150. The van der Waals surface area contributed by atoms with Crippen LogP contribution < -0.4 is 15.9 Å². The molecule has 0 saturated heterocycles. The maximum absolute atomic E-state index is 10.1.